The van der Waals surface area contributed by atoms with Gasteiger partial charge in [-0.05, 0) is 79.9 Å². The van der Waals surface area contributed by atoms with Gasteiger partial charge in [-0.1, -0.05) is 71.7 Å². The number of aromatic nitrogens is 1. The third-order valence-corrected chi connectivity index (χ3v) is 11.1. The predicted molar refractivity (Wildman–Crippen MR) is 199 cm³/mol. The topological polar surface area (TPSA) is 121 Å². The van der Waals surface area contributed by atoms with E-state index in [1.807, 2.05) is 30.3 Å². The van der Waals surface area contributed by atoms with Crippen molar-refractivity contribution in [1.82, 2.24) is 10.2 Å². The Morgan fingerprint density at radius 3 is 2.35 bits per heavy atom. The maximum absolute atomic E-state index is 13.9. The number of ether oxygens (including phenoxy) is 4. The number of carbonyl (C=O) groups excluding carboxylic acids is 2. The number of H-pyrrole nitrogens is 1. The molecule has 10 nitrogen and oxygen atoms in total. The molecule has 0 radical (unpaired) electrons. The van der Waals surface area contributed by atoms with Gasteiger partial charge in [0, 0.05) is 30.6 Å². The van der Waals surface area contributed by atoms with Gasteiger partial charge >= 0.3 is 18.6 Å². The van der Waals surface area contributed by atoms with E-state index in [-0.39, 0.29) is 51.9 Å². The highest BCUT2D eigenvalue weighted by atomic mass is 35.5. The third-order valence-electron chi connectivity index (χ3n) is 10.4. The standard InChI is InChI=1S/C41H41Cl2F2N3O7/c42-31-20-46-21-32(43)30(31)18-34(27-11-12-33(55-41(44)45)35(17-27)52-23-24-9-10-24)53-39(50)29-8-4-7-28(38(29)49)19-47-37(26-5-2-1-3-6-26)40(51)54-36-22-48-15-13-25(36)14-16-48/h1-8,11-12,17,20-21,24-25,34,36-37,41,47,49H,9-10,13-16,18-19,22-23H2/p+1/t34-,36-,37?/m0/s1. The number of piperidine rings is 3. The average molecular weight is 798 g/mol. The largest absolute Gasteiger partial charge is 0.507 e. The van der Waals surface area contributed by atoms with Crippen molar-refractivity contribution in [2.45, 2.75) is 63.5 Å². The second-order valence-electron chi connectivity index (χ2n) is 14.2. The van der Waals surface area contributed by atoms with E-state index in [9.17, 15) is 23.5 Å². The number of nitrogens with one attached hydrogen (secondary N) is 2. The van der Waals surface area contributed by atoms with Gasteiger partial charge in [-0.2, -0.15) is 8.78 Å². The van der Waals surface area contributed by atoms with Crippen molar-refractivity contribution < 1.29 is 47.4 Å². The molecule has 0 amide bonds. The molecule has 14 heteroatoms. The number of esters is 2. The number of para-hydroxylation sites is 1. The quantitative estimate of drug-likeness (QED) is 0.111. The Bertz CT molecular complexity index is 1960. The highest BCUT2D eigenvalue weighted by molar-refractivity contribution is 6.35. The number of alkyl halides is 2. The van der Waals surface area contributed by atoms with Gasteiger partial charge in [0.15, 0.2) is 23.9 Å². The van der Waals surface area contributed by atoms with Crippen LogP contribution in [0.2, 0.25) is 10.0 Å². The van der Waals surface area contributed by atoms with Crippen LogP contribution in [0.3, 0.4) is 0 Å². The van der Waals surface area contributed by atoms with Crippen LogP contribution in [0, 0.1) is 11.8 Å². The van der Waals surface area contributed by atoms with Crippen molar-refractivity contribution in [2.75, 3.05) is 26.2 Å². The van der Waals surface area contributed by atoms with Crippen molar-refractivity contribution in [1.29, 1.82) is 0 Å². The summed E-state index contributed by atoms with van der Waals surface area (Å²) in [5.74, 6) is -1.06. The first kappa shape index (κ1) is 38.8. The molecule has 4 aliphatic rings. The molecule has 0 spiro atoms. The predicted octanol–water partition coefficient (Wildman–Crippen LogP) is 7.51. The van der Waals surface area contributed by atoms with Crippen LogP contribution in [0.25, 0.3) is 0 Å². The van der Waals surface area contributed by atoms with Crippen LogP contribution < -0.4 is 19.8 Å². The summed E-state index contributed by atoms with van der Waals surface area (Å²) in [6, 6.07) is 17.4. The SMILES string of the molecule is O=C(O[C@@H](Cc1c(Cl)c[nH+]cc1Cl)c1ccc(OC(F)F)c(OCC2CC2)c1)c1cccc(CNC(C(=O)O[C@H]2CN3CCC2CC3)c2ccccc2)c1O. The number of nitrogens with zero attached hydrogens (tertiary/aromatic N) is 1. The minimum Gasteiger partial charge on any atom is -0.507 e. The number of benzene rings is 3. The molecule has 2 bridgehead atoms. The van der Waals surface area contributed by atoms with Crippen LogP contribution in [0.4, 0.5) is 8.78 Å². The number of hydrogen-bond acceptors (Lipinski definition) is 9. The number of fused-ring (bicyclic) bond motifs is 3. The van der Waals surface area contributed by atoms with Crippen LogP contribution in [0.1, 0.15) is 70.4 Å². The number of phenols is 1. The van der Waals surface area contributed by atoms with Crippen LogP contribution in [0.15, 0.2) is 79.1 Å². The molecule has 4 fully saturated rings. The van der Waals surface area contributed by atoms with E-state index in [0.717, 1.165) is 38.8 Å². The van der Waals surface area contributed by atoms with E-state index in [1.54, 1.807) is 12.1 Å². The molecule has 4 aromatic rings. The van der Waals surface area contributed by atoms with Gasteiger partial charge in [0.1, 0.15) is 39.6 Å². The summed E-state index contributed by atoms with van der Waals surface area (Å²) in [7, 11) is 0. The zero-order chi connectivity index (χ0) is 38.5. The molecular weight excluding hydrogens is 755 g/mol. The lowest BCUT2D eigenvalue weighted by atomic mass is 9.86. The zero-order valence-corrected chi connectivity index (χ0v) is 31.4. The Kier molecular flexibility index (Phi) is 12.4. The fourth-order valence-corrected chi connectivity index (χ4v) is 7.69. The van der Waals surface area contributed by atoms with Crippen molar-refractivity contribution in [3.8, 4) is 17.2 Å². The van der Waals surface area contributed by atoms with Gasteiger partial charge < -0.3 is 24.1 Å². The van der Waals surface area contributed by atoms with Crippen molar-refractivity contribution in [2.24, 2.45) is 11.8 Å². The van der Waals surface area contributed by atoms with Gasteiger partial charge in [0.25, 0.3) is 0 Å². The van der Waals surface area contributed by atoms with E-state index in [1.165, 1.54) is 36.7 Å². The Labute approximate surface area is 327 Å². The van der Waals surface area contributed by atoms with Crippen LogP contribution >= 0.6 is 23.2 Å². The number of aromatic amines is 1. The Hall–Kier alpha value is -4.49. The maximum Gasteiger partial charge on any atom is 0.387 e. The molecule has 55 heavy (non-hydrogen) atoms. The molecule has 3 aliphatic heterocycles. The minimum atomic E-state index is -3.08. The van der Waals surface area contributed by atoms with Crippen molar-refractivity contribution in [3.05, 3.63) is 117 Å². The Balaban J connectivity index is 1.12. The molecule has 3 atom stereocenters. The molecule has 8 rings (SSSR count). The Morgan fingerprint density at radius 2 is 1.67 bits per heavy atom. The summed E-state index contributed by atoms with van der Waals surface area (Å²) in [6.07, 6.45) is 5.76. The summed E-state index contributed by atoms with van der Waals surface area (Å²) in [5, 5.41) is 15.3. The number of phenolic OH excluding ortho intramolecular Hbond substituents is 1. The van der Waals surface area contributed by atoms with E-state index in [0.29, 0.717) is 47.2 Å². The smallest absolute Gasteiger partial charge is 0.387 e. The molecule has 3 saturated heterocycles. The highest BCUT2D eigenvalue weighted by Crippen LogP contribution is 2.39. The minimum absolute atomic E-state index is 0.00229. The van der Waals surface area contributed by atoms with E-state index in [4.69, 9.17) is 42.1 Å². The molecule has 1 aromatic heterocycles. The number of hydrogen-bond donors (Lipinski definition) is 2. The number of aromatic hydroxyl groups is 1. The summed E-state index contributed by atoms with van der Waals surface area (Å²) in [6.45, 7) is 0.00427. The maximum atomic E-state index is 13.9. The van der Waals surface area contributed by atoms with E-state index < -0.39 is 30.7 Å². The van der Waals surface area contributed by atoms with Gasteiger partial charge in [-0.25, -0.2) is 14.6 Å². The van der Waals surface area contributed by atoms with Crippen molar-refractivity contribution in [3.63, 3.8) is 0 Å². The molecule has 4 heterocycles. The van der Waals surface area contributed by atoms with E-state index >= 15 is 0 Å². The molecule has 3 N–H and O–H groups in total. The summed E-state index contributed by atoms with van der Waals surface area (Å²) in [5.41, 5.74) is 1.78. The van der Waals surface area contributed by atoms with Crippen LogP contribution in [-0.2, 0) is 27.2 Å². The first-order valence-electron chi connectivity index (χ1n) is 18.4. The number of carbonyl (C=O) groups is 2. The fourth-order valence-electron chi connectivity index (χ4n) is 7.16. The lowest BCUT2D eigenvalue weighted by Crippen LogP contribution is -2.52. The monoisotopic (exact) mass is 796 g/mol. The van der Waals surface area contributed by atoms with Gasteiger partial charge in [-0.3, -0.25) is 10.2 Å². The van der Waals surface area contributed by atoms with E-state index in [2.05, 4.69) is 15.2 Å². The fraction of sp³-hybridized carbons (Fsp3) is 0.390. The Morgan fingerprint density at radius 1 is 0.927 bits per heavy atom. The summed E-state index contributed by atoms with van der Waals surface area (Å²) in [4.78, 5) is 32.8. The van der Waals surface area contributed by atoms with Gasteiger partial charge in [-0.15, -0.1) is 0 Å². The number of rotatable bonds is 16. The van der Waals surface area contributed by atoms with Gasteiger partial charge in [0.05, 0.1) is 6.61 Å². The third kappa shape index (κ3) is 9.67. The second kappa shape index (κ2) is 17.5. The lowest BCUT2D eigenvalue weighted by Gasteiger charge is -2.44. The molecule has 1 unspecified atom stereocenters. The molecule has 290 valence electrons. The number of halogens is 4. The summed E-state index contributed by atoms with van der Waals surface area (Å²) >= 11 is 13.0. The highest BCUT2D eigenvalue weighted by Gasteiger charge is 2.38. The first-order valence-corrected chi connectivity index (χ1v) is 19.2. The normalized spacial score (nSPS) is 20.1. The second-order valence-corrected chi connectivity index (χ2v) is 15.0. The summed E-state index contributed by atoms with van der Waals surface area (Å²) < 4.78 is 49.3. The van der Waals surface area contributed by atoms with Crippen LogP contribution in [-0.4, -0.2) is 60.9 Å². The first-order chi connectivity index (χ1) is 26.6. The zero-order valence-electron chi connectivity index (χ0n) is 29.9. The average Bonchev–Trinajstić information content (AvgIpc) is 4.02. The van der Waals surface area contributed by atoms with Crippen LogP contribution in [0.5, 0.6) is 17.2 Å². The molecule has 3 aromatic carbocycles. The molecular formula is C41H42Cl2F2N3O7+. The van der Waals surface area contributed by atoms with Crippen molar-refractivity contribution >= 4 is 35.1 Å². The molecule has 1 aliphatic carbocycles. The lowest BCUT2D eigenvalue weighted by molar-refractivity contribution is -0.377. The van der Waals surface area contributed by atoms with Gasteiger partial charge in [0.2, 0.25) is 0 Å². The number of pyridine rings is 1. The molecule has 1 saturated carbocycles.